The lowest BCUT2D eigenvalue weighted by Gasteiger charge is -2.14. The predicted octanol–water partition coefficient (Wildman–Crippen LogP) is 4.37. The molecule has 0 atom stereocenters. The largest absolute Gasteiger partial charge is 0.370 e. The fourth-order valence-electron chi connectivity index (χ4n) is 1.94. The molecule has 0 fully saturated rings. The van der Waals surface area contributed by atoms with Crippen molar-refractivity contribution in [3.8, 4) is 0 Å². The minimum Gasteiger partial charge on any atom is -0.370 e. The topological polar surface area (TPSA) is 49.8 Å². The molecule has 0 aliphatic heterocycles. The van der Waals surface area contributed by atoms with Gasteiger partial charge in [-0.15, -0.1) is 0 Å². The Morgan fingerprint density at radius 3 is 2.55 bits per heavy atom. The standard InChI is InChI=1S/C15H19BrN4/c1-3-9-17-14-11(4-2)15(19-10-18-14)20-13-8-6-5-7-12(13)16/h5-8,10H,3-4,9H2,1-2H3,(H2,17,18,19,20). The van der Waals surface area contributed by atoms with E-state index in [0.717, 1.165) is 46.7 Å². The quantitative estimate of drug-likeness (QED) is 0.823. The second-order valence-corrected chi connectivity index (χ2v) is 5.29. The monoisotopic (exact) mass is 334 g/mol. The average molecular weight is 335 g/mol. The first-order chi connectivity index (χ1) is 9.76. The van der Waals surface area contributed by atoms with Crippen LogP contribution in [0.1, 0.15) is 25.8 Å². The van der Waals surface area contributed by atoms with Gasteiger partial charge in [-0.05, 0) is 40.9 Å². The summed E-state index contributed by atoms with van der Waals surface area (Å²) in [4.78, 5) is 8.71. The minimum atomic E-state index is 0.855. The molecule has 0 aliphatic rings. The molecule has 0 aliphatic carbocycles. The number of rotatable bonds is 6. The van der Waals surface area contributed by atoms with Gasteiger partial charge >= 0.3 is 0 Å². The summed E-state index contributed by atoms with van der Waals surface area (Å²) in [5, 5.41) is 6.72. The van der Waals surface area contributed by atoms with Gasteiger partial charge in [0.1, 0.15) is 18.0 Å². The molecule has 5 heteroatoms. The number of benzene rings is 1. The fraction of sp³-hybridized carbons (Fsp3) is 0.333. The highest BCUT2D eigenvalue weighted by Gasteiger charge is 2.10. The van der Waals surface area contributed by atoms with Crippen molar-refractivity contribution in [3.05, 3.63) is 40.6 Å². The molecule has 0 bridgehead atoms. The Morgan fingerprint density at radius 1 is 1.10 bits per heavy atom. The maximum Gasteiger partial charge on any atom is 0.139 e. The minimum absolute atomic E-state index is 0.855. The van der Waals surface area contributed by atoms with E-state index in [4.69, 9.17) is 0 Å². The predicted molar refractivity (Wildman–Crippen MR) is 87.6 cm³/mol. The van der Waals surface area contributed by atoms with Crippen molar-refractivity contribution in [1.29, 1.82) is 0 Å². The van der Waals surface area contributed by atoms with E-state index in [1.165, 1.54) is 0 Å². The molecule has 0 spiro atoms. The molecule has 0 saturated carbocycles. The molecule has 1 aromatic heterocycles. The molecule has 4 nitrogen and oxygen atoms in total. The second kappa shape index (κ2) is 7.24. The smallest absolute Gasteiger partial charge is 0.139 e. The van der Waals surface area contributed by atoms with E-state index < -0.39 is 0 Å². The summed E-state index contributed by atoms with van der Waals surface area (Å²) < 4.78 is 1.02. The third kappa shape index (κ3) is 3.48. The lowest BCUT2D eigenvalue weighted by atomic mass is 10.2. The maximum atomic E-state index is 4.37. The van der Waals surface area contributed by atoms with Crippen LogP contribution in [0.15, 0.2) is 35.1 Å². The zero-order chi connectivity index (χ0) is 14.4. The zero-order valence-corrected chi connectivity index (χ0v) is 13.4. The van der Waals surface area contributed by atoms with Crippen LogP contribution < -0.4 is 10.6 Å². The molecule has 0 saturated heterocycles. The first kappa shape index (κ1) is 14.8. The van der Waals surface area contributed by atoms with E-state index in [1.807, 2.05) is 24.3 Å². The third-order valence-electron chi connectivity index (χ3n) is 2.97. The van der Waals surface area contributed by atoms with E-state index in [-0.39, 0.29) is 0 Å². The Hall–Kier alpha value is -1.62. The number of nitrogens with one attached hydrogen (secondary N) is 2. The Bertz CT molecular complexity index is 572. The highest BCUT2D eigenvalue weighted by Crippen LogP contribution is 2.28. The van der Waals surface area contributed by atoms with Crippen LogP contribution in [0.3, 0.4) is 0 Å². The van der Waals surface area contributed by atoms with Crippen molar-refractivity contribution in [2.75, 3.05) is 17.2 Å². The molecule has 2 rings (SSSR count). The lowest BCUT2D eigenvalue weighted by Crippen LogP contribution is -2.08. The summed E-state index contributed by atoms with van der Waals surface area (Å²) in [6.07, 6.45) is 3.54. The van der Waals surface area contributed by atoms with E-state index in [9.17, 15) is 0 Å². The molecule has 2 aromatic rings. The van der Waals surface area contributed by atoms with E-state index >= 15 is 0 Å². The Morgan fingerprint density at radius 2 is 1.85 bits per heavy atom. The third-order valence-corrected chi connectivity index (χ3v) is 3.66. The van der Waals surface area contributed by atoms with E-state index in [2.05, 4.69) is 50.4 Å². The first-order valence-corrected chi connectivity index (χ1v) is 7.64. The van der Waals surface area contributed by atoms with Gasteiger partial charge in [-0.25, -0.2) is 9.97 Å². The van der Waals surface area contributed by atoms with Crippen LogP contribution in [0, 0.1) is 0 Å². The fourth-order valence-corrected chi connectivity index (χ4v) is 2.32. The Kier molecular flexibility index (Phi) is 5.35. The van der Waals surface area contributed by atoms with Crippen molar-refractivity contribution in [2.24, 2.45) is 0 Å². The van der Waals surface area contributed by atoms with Gasteiger partial charge in [-0.3, -0.25) is 0 Å². The van der Waals surface area contributed by atoms with E-state index in [1.54, 1.807) is 6.33 Å². The summed E-state index contributed by atoms with van der Waals surface area (Å²) in [6.45, 7) is 5.17. The zero-order valence-electron chi connectivity index (χ0n) is 11.8. The summed E-state index contributed by atoms with van der Waals surface area (Å²) >= 11 is 3.54. The molecular weight excluding hydrogens is 316 g/mol. The first-order valence-electron chi connectivity index (χ1n) is 6.85. The van der Waals surface area contributed by atoms with Gasteiger partial charge in [-0.2, -0.15) is 0 Å². The lowest BCUT2D eigenvalue weighted by molar-refractivity contribution is 0.949. The van der Waals surface area contributed by atoms with Crippen LogP contribution in [-0.2, 0) is 6.42 Å². The molecular formula is C15H19BrN4. The number of hydrogen-bond donors (Lipinski definition) is 2. The number of anilines is 3. The van der Waals surface area contributed by atoms with Gasteiger partial charge < -0.3 is 10.6 Å². The molecule has 0 amide bonds. The van der Waals surface area contributed by atoms with Crippen LogP contribution in [-0.4, -0.2) is 16.5 Å². The van der Waals surface area contributed by atoms with Gasteiger partial charge in [0.05, 0.1) is 5.69 Å². The van der Waals surface area contributed by atoms with Crippen LogP contribution in [0.2, 0.25) is 0 Å². The average Bonchev–Trinajstić information content (AvgIpc) is 2.47. The van der Waals surface area contributed by atoms with Gasteiger partial charge in [0.25, 0.3) is 0 Å². The van der Waals surface area contributed by atoms with Gasteiger partial charge in [-0.1, -0.05) is 26.0 Å². The molecule has 0 unspecified atom stereocenters. The SMILES string of the molecule is CCCNc1ncnc(Nc2ccccc2Br)c1CC. The molecule has 1 aromatic carbocycles. The number of nitrogens with zero attached hydrogens (tertiary/aromatic N) is 2. The second-order valence-electron chi connectivity index (χ2n) is 4.43. The molecule has 1 heterocycles. The normalized spacial score (nSPS) is 10.3. The van der Waals surface area contributed by atoms with Gasteiger partial charge in [0.15, 0.2) is 0 Å². The van der Waals surface area contributed by atoms with Crippen LogP contribution >= 0.6 is 15.9 Å². The Balaban J connectivity index is 2.29. The van der Waals surface area contributed by atoms with Crippen molar-refractivity contribution < 1.29 is 0 Å². The van der Waals surface area contributed by atoms with Crippen LogP contribution in [0.5, 0.6) is 0 Å². The van der Waals surface area contributed by atoms with Crippen molar-refractivity contribution in [1.82, 2.24) is 9.97 Å². The van der Waals surface area contributed by atoms with Crippen molar-refractivity contribution in [2.45, 2.75) is 26.7 Å². The molecule has 20 heavy (non-hydrogen) atoms. The number of hydrogen-bond acceptors (Lipinski definition) is 4. The van der Waals surface area contributed by atoms with Crippen molar-refractivity contribution >= 4 is 33.3 Å². The van der Waals surface area contributed by atoms with Crippen LogP contribution in [0.25, 0.3) is 0 Å². The summed E-state index contributed by atoms with van der Waals surface area (Å²) in [6, 6.07) is 8.01. The molecule has 106 valence electrons. The highest BCUT2D eigenvalue weighted by molar-refractivity contribution is 9.10. The highest BCUT2D eigenvalue weighted by atomic mass is 79.9. The number of aromatic nitrogens is 2. The number of para-hydroxylation sites is 1. The van der Waals surface area contributed by atoms with Gasteiger partial charge in [0.2, 0.25) is 0 Å². The summed E-state index contributed by atoms with van der Waals surface area (Å²) in [5.74, 6) is 1.77. The van der Waals surface area contributed by atoms with Crippen LogP contribution in [0.4, 0.5) is 17.3 Å². The maximum absolute atomic E-state index is 4.37. The van der Waals surface area contributed by atoms with Crippen molar-refractivity contribution in [3.63, 3.8) is 0 Å². The molecule has 0 radical (unpaired) electrons. The summed E-state index contributed by atoms with van der Waals surface area (Å²) in [5.41, 5.74) is 2.11. The molecule has 2 N–H and O–H groups in total. The number of halogens is 1. The Labute approximate surface area is 128 Å². The van der Waals surface area contributed by atoms with Gasteiger partial charge in [0, 0.05) is 16.6 Å². The summed E-state index contributed by atoms with van der Waals surface area (Å²) in [7, 11) is 0. The van der Waals surface area contributed by atoms with E-state index in [0.29, 0.717) is 0 Å².